The molecule has 1 N–H and O–H groups in total. The Morgan fingerprint density at radius 1 is 1.02 bits per heavy atom. The van der Waals surface area contributed by atoms with Crippen LogP contribution in [0.4, 0.5) is 4.39 Å². The van der Waals surface area contributed by atoms with Crippen molar-refractivity contribution in [2.45, 2.75) is 31.1 Å². The zero-order valence-corrected chi connectivity index (χ0v) is 25.3. The van der Waals surface area contributed by atoms with Crippen molar-refractivity contribution in [2.24, 2.45) is 5.10 Å². The van der Waals surface area contributed by atoms with Gasteiger partial charge in [0.05, 0.1) is 37.4 Å². The summed E-state index contributed by atoms with van der Waals surface area (Å²) < 4.78 is 25.9. The van der Waals surface area contributed by atoms with Crippen LogP contribution in [0.3, 0.4) is 0 Å². The molecule has 10 nitrogen and oxygen atoms in total. The van der Waals surface area contributed by atoms with E-state index in [1.165, 1.54) is 30.2 Å². The smallest absolute Gasteiger partial charge is 0.287 e. The van der Waals surface area contributed by atoms with Gasteiger partial charge in [0.25, 0.3) is 11.8 Å². The standard InChI is InChI=1S/C33H29FN6O4S/c1-21-5-7-23(8-6-21)28-18-27(22-9-15-26(43-2)16-10-22)38-40(28)31(41)20-45-33-37-36-30(19-35-32(42)29-4-3-17-44-29)39(33)25-13-11-24(34)12-14-25/h3-17,28H,18-20H2,1-2H3,(H,35,42). The summed E-state index contributed by atoms with van der Waals surface area (Å²) in [7, 11) is 1.62. The van der Waals surface area contributed by atoms with Crippen LogP contribution < -0.4 is 10.1 Å². The highest BCUT2D eigenvalue weighted by Gasteiger charge is 2.33. The largest absolute Gasteiger partial charge is 0.497 e. The Bertz CT molecular complexity index is 1820. The number of hydrogen-bond acceptors (Lipinski definition) is 8. The summed E-state index contributed by atoms with van der Waals surface area (Å²) in [5.41, 5.74) is 4.39. The molecule has 1 aliphatic rings. The number of rotatable bonds is 10. The lowest BCUT2D eigenvalue weighted by Crippen LogP contribution is -2.28. The summed E-state index contributed by atoms with van der Waals surface area (Å²) in [5, 5.41) is 18.1. The number of ether oxygens (including phenoxy) is 1. The SMILES string of the molecule is COc1ccc(C2=NN(C(=O)CSc3nnc(CNC(=O)c4ccco4)n3-c3ccc(F)cc3)C(c3ccc(C)cc3)C2)cc1. The maximum atomic E-state index is 13.8. The first-order valence-electron chi connectivity index (χ1n) is 14.1. The second-order valence-corrected chi connectivity index (χ2v) is 11.2. The summed E-state index contributed by atoms with van der Waals surface area (Å²) in [6, 6.07) is 24.4. The molecule has 3 aromatic carbocycles. The number of methoxy groups -OCH3 is 1. The molecule has 2 aromatic heterocycles. The molecule has 0 spiro atoms. The van der Waals surface area contributed by atoms with Gasteiger partial charge in [0.15, 0.2) is 16.7 Å². The van der Waals surface area contributed by atoms with Crippen LogP contribution >= 0.6 is 11.8 Å². The van der Waals surface area contributed by atoms with Gasteiger partial charge in [-0.25, -0.2) is 9.40 Å². The lowest BCUT2D eigenvalue weighted by molar-refractivity contribution is -0.130. The Balaban J connectivity index is 1.24. The molecular weight excluding hydrogens is 595 g/mol. The molecule has 0 aliphatic carbocycles. The molecule has 45 heavy (non-hydrogen) atoms. The fraction of sp³-hybridized carbons (Fsp3) is 0.182. The molecule has 0 saturated heterocycles. The number of nitrogens with zero attached hydrogens (tertiary/aromatic N) is 5. The summed E-state index contributed by atoms with van der Waals surface area (Å²) in [6.07, 6.45) is 1.96. The molecule has 5 aromatic rings. The van der Waals surface area contributed by atoms with Gasteiger partial charge in [-0.05, 0) is 78.7 Å². The number of benzene rings is 3. The lowest BCUT2D eigenvalue weighted by atomic mass is 9.97. The molecule has 0 fully saturated rings. The van der Waals surface area contributed by atoms with Gasteiger partial charge < -0.3 is 14.5 Å². The van der Waals surface area contributed by atoms with Crippen LogP contribution in [0.25, 0.3) is 5.69 Å². The first-order chi connectivity index (χ1) is 21.9. The average Bonchev–Trinajstić information content (AvgIpc) is 3.84. The number of carbonyl (C=O) groups excluding carboxylic acids is 2. The van der Waals surface area contributed by atoms with Gasteiger partial charge >= 0.3 is 0 Å². The maximum Gasteiger partial charge on any atom is 0.287 e. The molecule has 228 valence electrons. The average molecular weight is 625 g/mol. The van der Waals surface area contributed by atoms with Crippen LogP contribution in [-0.4, -0.2) is 50.2 Å². The molecule has 2 amide bonds. The minimum Gasteiger partial charge on any atom is -0.497 e. The van der Waals surface area contributed by atoms with E-state index < -0.39 is 11.7 Å². The van der Waals surface area contributed by atoms with Gasteiger partial charge in [0, 0.05) is 12.1 Å². The van der Waals surface area contributed by atoms with Crippen molar-refractivity contribution < 1.29 is 23.1 Å². The monoisotopic (exact) mass is 624 g/mol. The highest BCUT2D eigenvalue weighted by atomic mass is 32.2. The minimum absolute atomic E-state index is 0.0137. The third kappa shape index (κ3) is 6.65. The highest BCUT2D eigenvalue weighted by Crippen LogP contribution is 2.34. The van der Waals surface area contributed by atoms with Crippen LogP contribution in [0, 0.1) is 12.7 Å². The molecule has 3 heterocycles. The molecule has 0 bridgehead atoms. The highest BCUT2D eigenvalue weighted by molar-refractivity contribution is 7.99. The zero-order valence-electron chi connectivity index (χ0n) is 24.5. The Kier molecular flexibility index (Phi) is 8.74. The van der Waals surface area contributed by atoms with Crippen LogP contribution in [0.5, 0.6) is 5.75 Å². The summed E-state index contributed by atoms with van der Waals surface area (Å²) in [5.74, 6) is 0.281. The Labute approximate surface area is 262 Å². The van der Waals surface area contributed by atoms with E-state index in [0.29, 0.717) is 23.1 Å². The van der Waals surface area contributed by atoms with Crippen LogP contribution in [0.2, 0.25) is 0 Å². The van der Waals surface area contributed by atoms with Gasteiger partial charge in [-0.15, -0.1) is 10.2 Å². The fourth-order valence-corrected chi connectivity index (χ4v) is 5.77. The predicted octanol–water partition coefficient (Wildman–Crippen LogP) is 5.72. The van der Waals surface area contributed by atoms with Crippen LogP contribution in [-0.2, 0) is 11.3 Å². The molecule has 1 unspecified atom stereocenters. The van der Waals surface area contributed by atoms with Gasteiger partial charge in [-0.3, -0.25) is 14.2 Å². The van der Waals surface area contributed by atoms with Gasteiger partial charge in [-0.2, -0.15) is 5.10 Å². The number of hydrogen-bond donors (Lipinski definition) is 1. The van der Waals surface area contributed by atoms with E-state index in [1.807, 2.05) is 55.5 Å². The predicted molar refractivity (Wildman–Crippen MR) is 167 cm³/mol. The number of thioether (sulfide) groups is 1. The molecule has 12 heteroatoms. The third-order valence-corrected chi connectivity index (χ3v) is 8.23. The summed E-state index contributed by atoms with van der Waals surface area (Å²) in [6.45, 7) is 2.04. The van der Waals surface area contributed by atoms with E-state index >= 15 is 0 Å². The van der Waals surface area contributed by atoms with E-state index in [-0.39, 0.29) is 30.0 Å². The number of halogens is 1. The number of aromatic nitrogens is 3. The van der Waals surface area contributed by atoms with Crippen LogP contribution in [0.1, 0.15) is 45.5 Å². The second kappa shape index (κ2) is 13.2. The van der Waals surface area contributed by atoms with Crippen molar-refractivity contribution in [3.63, 3.8) is 0 Å². The lowest BCUT2D eigenvalue weighted by Gasteiger charge is -2.22. The Hall–Kier alpha value is -5.23. The third-order valence-electron chi connectivity index (χ3n) is 7.31. The van der Waals surface area contributed by atoms with E-state index in [2.05, 4.69) is 15.5 Å². The number of nitrogens with one attached hydrogen (secondary N) is 1. The molecular formula is C33H29FN6O4S. The van der Waals surface area contributed by atoms with Crippen molar-refractivity contribution in [3.8, 4) is 11.4 Å². The molecule has 0 radical (unpaired) electrons. The first-order valence-corrected chi connectivity index (χ1v) is 15.1. The van der Waals surface area contributed by atoms with Crippen molar-refractivity contribution in [1.82, 2.24) is 25.1 Å². The van der Waals surface area contributed by atoms with Crippen molar-refractivity contribution >= 4 is 29.3 Å². The van der Waals surface area contributed by atoms with Gasteiger partial charge in [-0.1, -0.05) is 41.6 Å². The molecule has 1 aliphatic heterocycles. The number of amides is 2. The van der Waals surface area contributed by atoms with E-state index in [4.69, 9.17) is 14.3 Å². The van der Waals surface area contributed by atoms with Crippen molar-refractivity contribution in [3.05, 3.63) is 125 Å². The second-order valence-electron chi connectivity index (χ2n) is 10.3. The molecule has 1 atom stereocenters. The minimum atomic E-state index is -0.417. The number of hydrazone groups is 1. The number of furan rings is 1. The summed E-state index contributed by atoms with van der Waals surface area (Å²) >= 11 is 1.18. The van der Waals surface area contributed by atoms with Crippen molar-refractivity contribution in [2.75, 3.05) is 12.9 Å². The summed E-state index contributed by atoms with van der Waals surface area (Å²) in [4.78, 5) is 26.3. The Morgan fingerprint density at radius 2 is 1.78 bits per heavy atom. The number of aryl methyl sites for hydroxylation is 1. The molecule has 6 rings (SSSR count). The zero-order chi connectivity index (χ0) is 31.3. The topological polar surface area (TPSA) is 115 Å². The fourth-order valence-electron chi connectivity index (χ4n) is 4.95. The first kappa shape index (κ1) is 29.8. The normalized spacial score (nSPS) is 14.3. The maximum absolute atomic E-state index is 13.8. The van der Waals surface area contributed by atoms with Gasteiger partial charge in [0.1, 0.15) is 11.6 Å². The number of carbonyl (C=O) groups is 2. The Morgan fingerprint density at radius 3 is 2.47 bits per heavy atom. The van der Waals surface area contributed by atoms with Crippen LogP contribution in [0.15, 0.2) is 106 Å². The van der Waals surface area contributed by atoms with E-state index in [9.17, 15) is 14.0 Å². The quantitative estimate of drug-likeness (QED) is 0.198. The van der Waals surface area contributed by atoms with E-state index in [1.54, 1.807) is 41.0 Å². The van der Waals surface area contributed by atoms with E-state index in [0.717, 1.165) is 28.2 Å². The molecule has 0 saturated carbocycles. The van der Waals surface area contributed by atoms with Crippen molar-refractivity contribution in [1.29, 1.82) is 0 Å². The van der Waals surface area contributed by atoms with Gasteiger partial charge in [0.2, 0.25) is 0 Å².